The van der Waals surface area contributed by atoms with Gasteiger partial charge in [-0.25, -0.2) is 14.6 Å². The number of rotatable bonds is 4. The van der Waals surface area contributed by atoms with Crippen molar-refractivity contribution in [3.05, 3.63) is 39.9 Å². The number of nitrogens with one attached hydrogen (secondary N) is 2. The van der Waals surface area contributed by atoms with Crippen molar-refractivity contribution in [3.8, 4) is 0 Å². The van der Waals surface area contributed by atoms with Gasteiger partial charge in [0.2, 0.25) is 0 Å². The topological polar surface area (TPSA) is 119 Å². The third-order valence-electron chi connectivity index (χ3n) is 7.16. The number of aromatic nitrogens is 2. The molecular formula is C25H32N4O5. The second-order valence-electron chi connectivity index (χ2n) is 9.50. The monoisotopic (exact) mass is 468 g/mol. The summed E-state index contributed by atoms with van der Waals surface area (Å²) in [6, 6.07) is 4.01. The molecule has 1 saturated carbocycles. The van der Waals surface area contributed by atoms with Crippen LogP contribution in [0.5, 0.6) is 0 Å². The first-order valence-electron chi connectivity index (χ1n) is 12.1. The lowest BCUT2D eigenvalue weighted by atomic mass is 9.78. The van der Waals surface area contributed by atoms with Crippen LogP contribution in [0, 0.1) is 11.8 Å². The summed E-state index contributed by atoms with van der Waals surface area (Å²) >= 11 is 0. The largest absolute Gasteiger partial charge is 0.452 e. The van der Waals surface area contributed by atoms with E-state index in [-0.39, 0.29) is 17.2 Å². The maximum atomic E-state index is 12.8. The van der Waals surface area contributed by atoms with Crippen molar-refractivity contribution in [1.29, 1.82) is 0 Å². The van der Waals surface area contributed by atoms with Crippen molar-refractivity contribution < 1.29 is 19.1 Å². The van der Waals surface area contributed by atoms with Crippen molar-refractivity contribution in [1.82, 2.24) is 20.2 Å². The Morgan fingerprint density at radius 1 is 1.12 bits per heavy atom. The Hall–Kier alpha value is -3.23. The lowest BCUT2D eigenvalue weighted by Gasteiger charge is -2.34. The number of imide groups is 1. The molecule has 1 aliphatic carbocycles. The molecule has 2 aliphatic rings. The van der Waals surface area contributed by atoms with Crippen molar-refractivity contribution in [3.63, 3.8) is 0 Å². The van der Waals surface area contributed by atoms with Gasteiger partial charge in [0.25, 0.3) is 11.5 Å². The van der Waals surface area contributed by atoms with E-state index in [2.05, 4.69) is 29.5 Å². The minimum atomic E-state index is -0.718. The molecule has 0 bridgehead atoms. The third-order valence-corrected chi connectivity index (χ3v) is 7.16. The van der Waals surface area contributed by atoms with Gasteiger partial charge in [0, 0.05) is 19.0 Å². The number of esters is 1. The predicted molar refractivity (Wildman–Crippen MR) is 126 cm³/mol. The first-order valence-corrected chi connectivity index (χ1v) is 12.1. The van der Waals surface area contributed by atoms with Gasteiger partial charge in [0.1, 0.15) is 5.82 Å². The molecule has 2 heterocycles. The number of hydrogen-bond acceptors (Lipinski definition) is 6. The van der Waals surface area contributed by atoms with Crippen molar-refractivity contribution in [2.75, 3.05) is 6.61 Å². The quantitative estimate of drug-likeness (QED) is 0.666. The SMILES string of the molecule is CC1CCCC(NC(=O)NC(=O)COC(=O)c2ccc3c(=O)n4c(nc3c2)CCCCC4)C1C. The summed E-state index contributed by atoms with van der Waals surface area (Å²) in [6.45, 7) is 4.34. The highest BCUT2D eigenvalue weighted by atomic mass is 16.5. The van der Waals surface area contributed by atoms with E-state index in [1.54, 1.807) is 10.6 Å². The number of urea groups is 1. The fourth-order valence-corrected chi connectivity index (χ4v) is 4.91. The molecule has 2 N–H and O–H groups in total. The summed E-state index contributed by atoms with van der Waals surface area (Å²) in [5.41, 5.74) is 0.529. The van der Waals surface area contributed by atoms with Gasteiger partial charge in [-0.2, -0.15) is 0 Å². The predicted octanol–water partition coefficient (Wildman–Crippen LogP) is 2.93. The zero-order valence-corrected chi connectivity index (χ0v) is 19.8. The smallest absolute Gasteiger partial charge is 0.338 e. The van der Waals surface area contributed by atoms with Gasteiger partial charge in [0.15, 0.2) is 6.61 Å². The molecule has 4 rings (SSSR count). The molecule has 2 aromatic rings. The maximum absolute atomic E-state index is 12.8. The van der Waals surface area contributed by atoms with Crippen LogP contribution in [0.3, 0.4) is 0 Å². The second-order valence-corrected chi connectivity index (χ2v) is 9.50. The highest BCUT2D eigenvalue weighted by Crippen LogP contribution is 2.29. The van der Waals surface area contributed by atoms with E-state index in [9.17, 15) is 19.2 Å². The van der Waals surface area contributed by atoms with Crippen molar-refractivity contribution in [2.45, 2.75) is 71.4 Å². The molecule has 1 aliphatic heterocycles. The molecule has 0 spiro atoms. The standard InChI is InChI=1S/C25H32N4O5/c1-15-7-6-8-19(16(15)2)27-25(33)28-22(30)14-34-24(32)17-10-11-18-20(13-17)26-21-9-4-3-5-12-29(21)23(18)31/h10-11,13,15-16,19H,3-9,12,14H2,1-2H3,(H2,27,28,30,33). The van der Waals surface area contributed by atoms with E-state index >= 15 is 0 Å². The molecule has 3 atom stereocenters. The van der Waals surface area contributed by atoms with E-state index in [1.165, 1.54) is 12.1 Å². The zero-order chi connectivity index (χ0) is 24.2. The van der Waals surface area contributed by atoms with Crippen LogP contribution in [0.1, 0.15) is 68.6 Å². The van der Waals surface area contributed by atoms with Gasteiger partial charge >= 0.3 is 12.0 Å². The first kappa shape index (κ1) is 23.9. The van der Waals surface area contributed by atoms with E-state index < -0.39 is 24.5 Å². The number of carbonyl (C=O) groups is 3. The summed E-state index contributed by atoms with van der Waals surface area (Å²) in [5, 5.41) is 5.52. The summed E-state index contributed by atoms with van der Waals surface area (Å²) in [7, 11) is 0. The normalized spacial score (nSPS) is 22.4. The molecule has 1 aromatic carbocycles. The lowest BCUT2D eigenvalue weighted by molar-refractivity contribution is -0.123. The molecule has 9 nitrogen and oxygen atoms in total. The second kappa shape index (κ2) is 10.4. The van der Waals surface area contributed by atoms with Gasteiger partial charge < -0.3 is 10.1 Å². The molecule has 34 heavy (non-hydrogen) atoms. The number of aryl methyl sites for hydroxylation is 1. The summed E-state index contributed by atoms with van der Waals surface area (Å²) in [6.07, 6.45) is 6.75. The Morgan fingerprint density at radius 2 is 1.94 bits per heavy atom. The van der Waals surface area contributed by atoms with Crippen LogP contribution in [0.25, 0.3) is 10.9 Å². The zero-order valence-electron chi connectivity index (χ0n) is 19.8. The van der Waals surface area contributed by atoms with Crippen LogP contribution in [-0.2, 0) is 22.5 Å². The third kappa shape index (κ3) is 5.29. The number of nitrogens with zero attached hydrogens (tertiary/aromatic N) is 2. The Labute approximate surface area is 198 Å². The molecule has 9 heteroatoms. The molecule has 0 radical (unpaired) electrons. The molecule has 1 fully saturated rings. The number of fused-ring (bicyclic) bond motifs is 2. The van der Waals surface area contributed by atoms with Crippen molar-refractivity contribution >= 4 is 28.8 Å². The Kier molecular flexibility index (Phi) is 7.29. The van der Waals surface area contributed by atoms with E-state index in [0.717, 1.165) is 50.8 Å². The minimum absolute atomic E-state index is 0.0170. The van der Waals surface area contributed by atoms with Crippen LogP contribution >= 0.6 is 0 Å². The summed E-state index contributed by atoms with van der Waals surface area (Å²) in [5.74, 6) is 0.150. The molecular weight excluding hydrogens is 436 g/mol. The molecule has 3 unspecified atom stereocenters. The maximum Gasteiger partial charge on any atom is 0.338 e. The average molecular weight is 469 g/mol. The molecule has 182 valence electrons. The summed E-state index contributed by atoms with van der Waals surface area (Å²) < 4.78 is 6.81. The molecule has 3 amide bonds. The van der Waals surface area contributed by atoms with Gasteiger partial charge in [-0.15, -0.1) is 0 Å². The summed E-state index contributed by atoms with van der Waals surface area (Å²) in [4.78, 5) is 54.2. The number of amides is 3. The fraction of sp³-hybridized carbons (Fsp3) is 0.560. The van der Waals surface area contributed by atoms with Crippen LogP contribution in [0.4, 0.5) is 4.79 Å². The Balaban J connectivity index is 1.35. The lowest BCUT2D eigenvalue weighted by Crippen LogP contribution is -2.49. The number of hydrogen-bond donors (Lipinski definition) is 2. The minimum Gasteiger partial charge on any atom is -0.452 e. The van der Waals surface area contributed by atoms with Crippen LogP contribution in [0.2, 0.25) is 0 Å². The van der Waals surface area contributed by atoms with Gasteiger partial charge in [-0.05, 0) is 49.3 Å². The van der Waals surface area contributed by atoms with Crippen molar-refractivity contribution in [2.24, 2.45) is 11.8 Å². The fourth-order valence-electron chi connectivity index (χ4n) is 4.91. The van der Waals surface area contributed by atoms with Gasteiger partial charge in [-0.3, -0.25) is 19.5 Å². The van der Waals surface area contributed by atoms with Crippen LogP contribution in [0.15, 0.2) is 23.0 Å². The molecule has 1 aromatic heterocycles. The van der Waals surface area contributed by atoms with Crippen LogP contribution in [-0.4, -0.2) is 40.1 Å². The Morgan fingerprint density at radius 3 is 2.76 bits per heavy atom. The highest BCUT2D eigenvalue weighted by molar-refractivity contribution is 5.98. The van der Waals surface area contributed by atoms with E-state index in [0.29, 0.717) is 29.3 Å². The van der Waals surface area contributed by atoms with E-state index in [1.807, 2.05) is 0 Å². The van der Waals surface area contributed by atoms with Gasteiger partial charge in [-0.1, -0.05) is 33.1 Å². The Bertz CT molecular complexity index is 1160. The number of carbonyl (C=O) groups excluding carboxylic acids is 3. The van der Waals surface area contributed by atoms with Gasteiger partial charge in [0.05, 0.1) is 16.5 Å². The molecule has 0 saturated heterocycles. The first-order chi connectivity index (χ1) is 16.3. The van der Waals surface area contributed by atoms with E-state index in [4.69, 9.17) is 4.74 Å². The van der Waals surface area contributed by atoms with Crippen LogP contribution < -0.4 is 16.2 Å². The highest BCUT2D eigenvalue weighted by Gasteiger charge is 2.28. The number of benzene rings is 1. The average Bonchev–Trinajstić information content (AvgIpc) is 3.06. The number of ether oxygens (including phenoxy) is 1.